The molecule has 1 unspecified atom stereocenters. The molecule has 0 saturated heterocycles. The maximum Gasteiger partial charge on any atom is 0.416 e. The lowest BCUT2D eigenvalue weighted by atomic mass is 10.1. The fourth-order valence-electron chi connectivity index (χ4n) is 2.54. The minimum Gasteiger partial charge on any atom is -0.382 e. The molecule has 14 heteroatoms. The average Bonchev–Trinajstić information content (AvgIpc) is 3.22. The number of nitrogens with zero attached hydrogens (tertiary/aromatic N) is 4. The monoisotopic (exact) mass is 477 g/mol. The summed E-state index contributed by atoms with van der Waals surface area (Å²) in [5.41, 5.74) is -1.56. The number of aliphatic hydroxyl groups excluding tert-OH is 1. The Bertz CT molecular complexity index is 1180. The number of hydrogen-bond acceptors (Lipinski definition) is 5. The maximum atomic E-state index is 12.9. The van der Waals surface area contributed by atoms with Crippen LogP contribution in [0, 0.1) is 0 Å². The van der Waals surface area contributed by atoms with Gasteiger partial charge in [0.2, 0.25) is 0 Å². The van der Waals surface area contributed by atoms with Crippen molar-refractivity contribution in [1.82, 2.24) is 24.9 Å². The molecule has 3 rings (SSSR count). The van der Waals surface area contributed by atoms with Gasteiger partial charge in [0.15, 0.2) is 6.10 Å². The number of aliphatic hydroxyl groups is 1. The van der Waals surface area contributed by atoms with Crippen LogP contribution in [0.4, 0.5) is 22.0 Å². The smallest absolute Gasteiger partial charge is 0.382 e. The molecule has 2 aromatic heterocycles. The highest BCUT2D eigenvalue weighted by atomic mass is 35.5. The van der Waals surface area contributed by atoms with Crippen LogP contribution in [-0.2, 0) is 0 Å². The Hall–Kier alpha value is -3.32. The van der Waals surface area contributed by atoms with Crippen molar-refractivity contribution in [3.8, 4) is 16.9 Å². The van der Waals surface area contributed by atoms with Crippen LogP contribution in [0.5, 0.6) is 0 Å². The third-order valence-corrected chi connectivity index (χ3v) is 4.41. The van der Waals surface area contributed by atoms with Gasteiger partial charge in [-0.1, -0.05) is 23.7 Å². The minimum atomic E-state index is -4.98. The van der Waals surface area contributed by atoms with Crippen LogP contribution in [0.1, 0.15) is 16.9 Å². The van der Waals surface area contributed by atoms with E-state index in [1.807, 2.05) is 5.32 Å². The van der Waals surface area contributed by atoms with Crippen LogP contribution in [0.2, 0.25) is 5.02 Å². The number of hydrogen-bond donors (Lipinski definition) is 2. The van der Waals surface area contributed by atoms with Crippen molar-refractivity contribution < 1.29 is 31.9 Å². The van der Waals surface area contributed by atoms with E-state index in [0.717, 1.165) is 18.5 Å². The molecular formula is C18H13ClF5N5O3. The van der Waals surface area contributed by atoms with Gasteiger partial charge in [0.05, 0.1) is 24.6 Å². The highest BCUT2D eigenvalue weighted by Gasteiger charge is 2.38. The number of amides is 1. The van der Waals surface area contributed by atoms with E-state index in [1.165, 1.54) is 24.3 Å². The molecule has 1 amide bonds. The summed E-state index contributed by atoms with van der Waals surface area (Å²) >= 11 is 5.84. The van der Waals surface area contributed by atoms with Gasteiger partial charge in [-0.15, -0.1) is 0 Å². The van der Waals surface area contributed by atoms with Gasteiger partial charge in [-0.25, -0.2) is 4.68 Å². The van der Waals surface area contributed by atoms with Gasteiger partial charge in [0.1, 0.15) is 11.3 Å². The number of carbonyl (C=O) groups is 1. The molecule has 170 valence electrons. The van der Waals surface area contributed by atoms with Gasteiger partial charge in [-0.2, -0.15) is 36.8 Å². The zero-order valence-electron chi connectivity index (χ0n) is 15.7. The lowest BCUT2D eigenvalue weighted by molar-refractivity contribution is -0.201. The first kappa shape index (κ1) is 23.3. The molecule has 0 saturated carbocycles. The Kier molecular flexibility index (Phi) is 6.60. The van der Waals surface area contributed by atoms with Crippen LogP contribution in [0.3, 0.4) is 0 Å². The number of benzene rings is 1. The highest BCUT2D eigenvalue weighted by Crippen LogP contribution is 2.21. The second-order valence-corrected chi connectivity index (χ2v) is 6.83. The van der Waals surface area contributed by atoms with Crippen molar-refractivity contribution >= 4 is 17.5 Å². The Morgan fingerprint density at radius 2 is 1.88 bits per heavy atom. The molecule has 3 aromatic rings. The fourth-order valence-corrected chi connectivity index (χ4v) is 2.66. The van der Waals surface area contributed by atoms with Gasteiger partial charge in [-0.3, -0.25) is 9.59 Å². The molecule has 0 aliphatic rings. The van der Waals surface area contributed by atoms with E-state index in [-0.39, 0.29) is 16.1 Å². The van der Waals surface area contributed by atoms with E-state index in [0.29, 0.717) is 15.3 Å². The van der Waals surface area contributed by atoms with Crippen molar-refractivity contribution in [3.05, 3.63) is 63.7 Å². The third-order valence-electron chi connectivity index (χ3n) is 4.16. The Labute approximate surface area is 180 Å². The topological polar surface area (TPSA) is 102 Å². The molecule has 0 fully saturated rings. The summed E-state index contributed by atoms with van der Waals surface area (Å²) in [6, 6.07) is 6.99. The number of rotatable bonds is 6. The van der Waals surface area contributed by atoms with Crippen molar-refractivity contribution in [2.24, 2.45) is 0 Å². The Morgan fingerprint density at radius 3 is 2.44 bits per heavy atom. The predicted octanol–water partition coefficient (Wildman–Crippen LogP) is 2.80. The summed E-state index contributed by atoms with van der Waals surface area (Å²) in [6.07, 6.45) is -6.12. The molecule has 0 aliphatic heterocycles. The van der Waals surface area contributed by atoms with Crippen molar-refractivity contribution in [3.63, 3.8) is 0 Å². The molecule has 1 atom stereocenters. The Morgan fingerprint density at radius 1 is 1.22 bits per heavy atom. The molecule has 0 radical (unpaired) electrons. The zero-order valence-corrected chi connectivity index (χ0v) is 16.5. The molecule has 0 aliphatic carbocycles. The molecule has 0 spiro atoms. The van der Waals surface area contributed by atoms with E-state index in [2.05, 4.69) is 10.2 Å². The summed E-state index contributed by atoms with van der Waals surface area (Å²) < 4.78 is 64.1. The second kappa shape index (κ2) is 9.04. The molecule has 1 aromatic carbocycles. The zero-order chi connectivity index (χ0) is 23.6. The van der Waals surface area contributed by atoms with Crippen molar-refractivity contribution in [2.75, 3.05) is 6.54 Å². The summed E-state index contributed by atoms with van der Waals surface area (Å²) in [7, 11) is 0. The molecule has 2 N–H and O–H groups in total. The summed E-state index contributed by atoms with van der Waals surface area (Å²) in [5.74, 6) is -1.23. The van der Waals surface area contributed by atoms with Crippen LogP contribution >= 0.6 is 11.6 Å². The summed E-state index contributed by atoms with van der Waals surface area (Å²) in [6.45, 7) is -4.21. The van der Waals surface area contributed by atoms with Gasteiger partial charge < -0.3 is 10.4 Å². The second-order valence-electron chi connectivity index (χ2n) is 6.39. The van der Waals surface area contributed by atoms with Gasteiger partial charge in [0, 0.05) is 10.6 Å². The van der Waals surface area contributed by atoms with E-state index < -0.39 is 42.4 Å². The number of halogens is 6. The van der Waals surface area contributed by atoms with Crippen molar-refractivity contribution in [1.29, 1.82) is 0 Å². The van der Waals surface area contributed by atoms with E-state index in [9.17, 15) is 31.5 Å². The lowest BCUT2D eigenvalue weighted by Crippen LogP contribution is -2.42. The summed E-state index contributed by atoms with van der Waals surface area (Å²) in [5, 5.41) is 18.7. The first-order valence-corrected chi connectivity index (χ1v) is 9.11. The van der Waals surface area contributed by atoms with Crippen LogP contribution in [-0.4, -0.2) is 49.4 Å². The van der Waals surface area contributed by atoms with E-state index in [4.69, 9.17) is 16.7 Å². The van der Waals surface area contributed by atoms with Crippen molar-refractivity contribution in [2.45, 2.75) is 18.8 Å². The normalized spacial score (nSPS) is 12.8. The van der Waals surface area contributed by atoms with E-state index >= 15 is 0 Å². The average molecular weight is 478 g/mol. The van der Waals surface area contributed by atoms with Gasteiger partial charge >= 0.3 is 12.7 Å². The highest BCUT2D eigenvalue weighted by molar-refractivity contribution is 6.30. The number of aromatic nitrogens is 4. The lowest BCUT2D eigenvalue weighted by Gasteiger charge is -2.15. The third kappa shape index (κ3) is 5.11. The number of carbonyl (C=O) groups excluding carboxylic acids is 1. The number of alkyl halides is 5. The first-order valence-electron chi connectivity index (χ1n) is 8.73. The fraction of sp³-hybridized carbons (Fsp3) is 0.222. The molecule has 2 heterocycles. The van der Waals surface area contributed by atoms with E-state index in [1.54, 1.807) is 0 Å². The SMILES string of the molecule is O=C(NCC(O)C(F)(F)F)c1cc(-c2ccc(Cl)cc2)nn(-c2cnn(C(F)F)c2)c1=O. The molecular weight excluding hydrogens is 465 g/mol. The Balaban J connectivity index is 2.07. The molecule has 8 nitrogen and oxygen atoms in total. The quantitative estimate of drug-likeness (QED) is 0.532. The predicted molar refractivity (Wildman–Crippen MR) is 102 cm³/mol. The number of nitrogens with one attached hydrogen (secondary N) is 1. The summed E-state index contributed by atoms with van der Waals surface area (Å²) in [4.78, 5) is 25.2. The standard InChI is InChI=1S/C18H13ClF5N5O3/c19-10-3-1-9(2-4-10)13-5-12(15(31)25-7-14(30)18(22,23)24)16(32)29(27-13)11-6-26-28(8-11)17(20)21/h1-6,8,14,17,30H,7H2,(H,25,31). The van der Waals surface area contributed by atoms with Gasteiger partial charge in [-0.05, 0) is 18.2 Å². The minimum absolute atomic E-state index is 0.0209. The van der Waals surface area contributed by atoms with Crippen LogP contribution in [0.25, 0.3) is 16.9 Å². The van der Waals surface area contributed by atoms with Gasteiger partial charge in [0.25, 0.3) is 11.5 Å². The van der Waals surface area contributed by atoms with Crippen LogP contribution in [0.15, 0.2) is 47.5 Å². The first-order chi connectivity index (χ1) is 15.0. The molecule has 32 heavy (non-hydrogen) atoms. The molecule has 0 bridgehead atoms. The van der Waals surface area contributed by atoms with Crippen LogP contribution < -0.4 is 10.9 Å². The maximum absolute atomic E-state index is 12.9. The largest absolute Gasteiger partial charge is 0.416 e.